The second-order valence-corrected chi connectivity index (χ2v) is 4.47. The van der Waals surface area contributed by atoms with Crippen molar-refractivity contribution in [2.75, 3.05) is 39.2 Å². The van der Waals surface area contributed by atoms with Crippen molar-refractivity contribution in [3.63, 3.8) is 0 Å². The summed E-state index contributed by atoms with van der Waals surface area (Å²) in [5.74, 6) is 0. The maximum Gasteiger partial charge on any atom is 0.416 e. The van der Waals surface area contributed by atoms with Gasteiger partial charge in [0.2, 0.25) is 0 Å². The van der Waals surface area contributed by atoms with Gasteiger partial charge in [-0.25, -0.2) is 4.79 Å². The summed E-state index contributed by atoms with van der Waals surface area (Å²) >= 11 is 0. The van der Waals surface area contributed by atoms with E-state index in [1.54, 1.807) is 0 Å². The van der Waals surface area contributed by atoms with E-state index in [1.807, 2.05) is 19.0 Å². The molecule has 0 aromatic heterocycles. The molecule has 1 rings (SSSR count). The first-order chi connectivity index (χ1) is 9.25. The molecule has 0 aliphatic carbocycles. The molecule has 0 fully saturated rings. The van der Waals surface area contributed by atoms with E-state index in [1.165, 1.54) is 24.1 Å². The smallest absolute Gasteiger partial charge is 0.416 e. The number of hydrogen-bond acceptors (Lipinski definition) is 3. The SMILES string of the molecule is COC(=O)N(CCN(C)C)c1cccc(C(F)(F)F)c1. The van der Waals surface area contributed by atoms with E-state index >= 15 is 0 Å². The van der Waals surface area contributed by atoms with Crippen LogP contribution in [0.2, 0.25) is 0 Å². The van der Waals surface area contributed by atoms with E-state index in [-0.39, 0.29) is 12.2 Å². The number of likely N-dealkylation sites (N-methyl/N-ethyl adjacent to an activating group) is 1. The number of nitrogens with zero attached hydrogens (tertiary/aromatic N) is 2. The van der Waals surface area contributed by atoms with Crippen molar-refractivity contribution in [1.82, 2.24) is 4.90 Å². The molecule has 1 aromatic carbocycles. The van der Waals surface area contributed by atoms with Gasteiger partial charge in [-0.3, -0.25) is 4.90 Å². The summed E-state index contributed by atoms with van der Waals surface area (Å²) in [6.45, 7) is 0.742. The van der Waals surface area contributed by atoms with E-state index in [2.05, 4.69) is 4.74 Å². The van der Waals surface area contributed by atoms with Crippen molar-refractivity contribution in [3.8, 4) is 0 Å². The van der Waals surface area contributed by atoms with Crippen LogP contribution in [0.4, 0.5) is 23.7 Å². The lowest BCUT2D eigenvalue weighted by molar-refractivity contribution is -0.137. The first-order valence-electron chi connectivity index (χ1n) is 5.93. The van der Waals surface area contributed by atoms with Gasteiger partial charge < -0.3 is 9.64 Å². The number of carbonyl (C=O) groups excluding carboxylic acids is 1. The fraction of sp³-hybridized carbons (Fsp3) is 0.462. The first kappa shape index (κ1) is 16.3. The third kappa shape index (κ3) is 4.41. The predicted molar refractivity (Wildman–Crippen MR) is 69.7 cm³/mol. The minimum atomic E-state index is -4.45. The van der Waals surface area contributed by atoms with Crippen LogP contribution in [-0.2, 0) is 10.9 Å². The predicted octanol–water partition coefficient (Wildman–Crippen LogP) is 2.84. The maximum atomic E-state index is 12.7. The lowest BCUT2D eigenvalue weighted by Gasteiger charge is -2.23. The molecule has 0 bridgehead atoms. The highest BCUT2D eigenvalue weighted by Crippen LogP contribution is 2.31. The molecule has 20 heavy (non-hydrogen) atoms. The minimum Gasteiger partial charge on any atom is -0.452 e. The monoisotopic (exact) mass is 290 g/mol. The molecular weight excluding hydrogens is 273 g/mol. The number of hydrogen-bond donors (Lipinski definition) is 0. The second kappa shape index (κ2) is 6.60. The topological polar surface area (TPSA) is 32.8 Å². The van der Waals surface area contributed by atoms with E-state index in [0.29, 0.717) is 6.54 Å². The second-order valence-electron chi connectivity index (χ2n) is 4.47. The van der Waals surface area contributed by atoms with Crippen molar-refractivity contribution in [2.24, 2.45) is 0 Å². The molecule has 0 atom stereocenters. The molecule has 0 spiro atoms. The van der Waals surface area contributed by atoms with E-state index in [4.69, 9.17) is 0 Å². The number of carbonyl (C=O) groups is 1. The Labute approximate surface area is 115 Å². The molecule has 0 saturated carbocycles. The first-order valence-corrected chi connectivity index (χ1v) is 5.93. The zero-order valence-electron chi connectivity index (χ0n) is 11.6. The summed E-state index contributed by atoms with van der Waals surface area (Å²) in [4.78, 5) is 14.7. The molecule has 7 heteroatoms. The van der Waals surface area contributed by atoms with Crippen LogP contribution in [0.15, 0.2) is 24.3 Å². The summed E-state index contributed by atoms with van der Waals surface area (Å²) in [7, 11) is 4.81. The number of alkyl halides is 3. The lowest BCUT2D eigenvalue weighted by atomic mass is 10.2. The van der Waals surface area contributed by atoms with Crippen molar-refractivity contribution in [1.29, 1.82) is 0 Å². The summed E-state index contributed by atoms with van der Waals surface area (Å²) in [6.07, 6.45) is -5.13. The Morgan fingerprint density at radius 3 is 2.40 bits per heavy atom. The van der Waals surface area contributed by atoms with Gasteiger partial charge in [-0.2, -0.15) is 13.2 Å². The third-order valence-corrected chi connectivity index (χ3v) is 2.65. The standard InChI is InChI=1S/C13H17F3N2O2/c1-17(2)7-8-18(12(19)20-3)11-6-4-5-10(9-11)13(14,15)16/h4-6,9H,7-8H2,1-3H3. The van der Waals surface area contributed by atoms with Gasteiger partial charge in [-0.15, -0.1) is 0 Å². The van der Waals surface area contributed by atoms with Crippen LogP contribution >= 0.6 is 0 Å². The average Bonchev–Trinajstić information content (AvgIpc) is 2.37. The maximum absolute atomic E-state index is 12.7. The number of rotatable bonds is 4. The quantitative estimate of drug-likeness (QED) is 0.855. The van der Waals surface area contributed by atoms with Gasteiger partial charge in [0.1, 0.15) is 0 Å². The van der Waals surface area contributed by atoms with Crippen LogP contribution in [-0.4, -0.2) is 45.3 Å². The highest BCUT2D eigenvalue weighted by molar-refractivity contribution is 5.87. The van der Waals surface area contributed by atoms with Crippen LogP contribution < -0.4 is 4.90 Å². The summed E-state index contributed by atoms with van der Waals surface area (Å²) in [5.41, 5.74) is -0.637. The largest absolute Gasteiger partial charge is 0.452 e. The van der Waals surface area contributed by atoms with Crippen LogP contribution in [0, 0.1) is 0 Å². The molecule has 0 aliphatic rings. The fourth-order valence-corrected chi connectivity index (χ4v) is 1.59. The molecule has 112 valence electrons. The van der Waals surface area contributed by atoms with Crippen molar-refractivity contribution < 1.29 is 22.7 Å². The number of halogens is 3. The summed E-state index contributed by atoms with van der Waals surface area (Å²) in [6, 6.07) is 4.61. The zero-order chi connectivity index (χ0) is 15.3. The highest BCUT2D eigenvalue weighted by Gasteiger charge is 2.31. The van der Waals surface area contributed by atoms with Gasteiger partial charge in [-0.05, 0) is 32.3 Å². The molecule has 0 N–H and O–H groups in total. The third-order valence-electron chi connectivity index (χ3n) is 2.65. The van der Waals surface area contributed by atoms with Crippen molar-refractivity contribution >= 4 is 11.8 Å². The fourth-order valence-electron chi connectivity index (χ4n) is 1.59. The number of benzene rings is 1. The Morgan fingerprint density at radius 2 is 1.90 bits per heavy atom. The molecule has 0 aliphatic heterocycles. The van der Waals surface area contributed by atoms with Crippen molar-refractivity contribution in [3.05, 3.63) is 29.8 Å². The van der Waals surface area contributed by atoms with Crippen LogP contribution in [0.25, 0.3) is 0 Å². The number of methoxy groups -OCH3 is 1. The molecule has 1 aromatic rings. The van der Waals surface area contributed by atoms with Gasteiger partial charge in [0.15, 0.2) is 0 Å². The Hall–Kier alpha value is -1.76. The average molecular weight is 290 g/mol. The van der Waals surface area contributed by atoms with Gasteiger partial charge in [-0.1, -0.05) is 6.07 Å². The van der Waals surface area contributed by atoms with Crippen LogP contribution in [0.1, 0.15) is 5.56 Å². The van der Waals surface area contributed by atoms with Gasteiger partial charge in [0.25, 0.3) is 0 Å². The number of amides is 1. The van der Waals surface area contributed by atoms with E-state index < -0.39 is 17.8 Å². The molecule has 0 saturated heterocycles. The molecule has 0 heterocycles. The van der Waals surface area contributed by atoms with Gasteiger partial charge >= 0.3 is 12.3 Å². The minimum absolute atomic E-state index is 0.161. The Balaban J connectivity index is 3.04. The molecule has 0 unspecified atom stereocenters. The highest BCUT2D eigenvalue weighted by atomic mass is 19.4. The summed E-state index contributed by atoms with van der Waals surface area (Å²) in [5, 5.41) is 0. The lowest BCUT2D eigenvalue weighted by Crippen LogP contribution is -2.36. The van der Waals surface area contributed by atoms with E-state index in [0.717, 1.165) is 12.1 Å². The Kier molecular flexibility index (Phi) is 5.38. The molecule has 1 amide bonds. The number of anilines is 1. The summed E-state index contributed by atoms with van der Waals surface area (Å²) < 4.78 is 42.7. The van der Waals surface area contributed by atoms with Gasteiger partial charge in [0, 0.05) is 18.8 Å². The van der Waals surface area contributed by atoms with Crippen LogP contribution in [0.3, 0.4) is 0 Å². The normalized spacial score (nSPS) is 11.6. The van der Waals surface area contributed by atoms with E-state index in [9.17, 15) is 18.0 Å². The zero-order valence-corrected chi connectivity index (χ0v) is 11.6. The molecule has 0 radical (unpaired) electrons. The van der Waals surface area contributed by atoms with Gasteiger partial charge in [0.05, 0.1) is 12.7 Å². The Bertz CT molecular complexity index is 461. The van der Waals surface area contributed by atoms with Crippen LogP contribution in [0.5, 0.6) is 0 Å². The Morgan fingerprint density at radius 1 is 1.25 bits per heavy atom. The molecular formula is C13H17F3N2O2. The molecule has 4 nitrogen and oxygen atoms in total. The van der Waals surface area contributed by atoms with Crippen molar-refractivity contribution in [2.45, 2.75) is 6.18 Å². The number of ether oxygens (including phenoxy) is 1.